The van der Waals surface area contributed by atoms with Gasteiger partial charge in [-0.25, -0.2) is 0 Å². The molecular weight excluding hydrogens is 458 g/mol. The molecule has 2 amide bonds. The number of rotatable bonds is 7. The van der Waals surface area contributed by atoms with Crippen molar-refractivity contribution in [1.82, 2.24) is 9.80 Å². The summed E-state index contributed by atoms with van der Waals surface area (Å²) in [6.07, 6.45) is 0.0422. The summed E-state index contributed by atoms with van der Waals surface area (Å²) in [5.74, 6) is 0.113. The van der Waals surface area contributed by atoms with Crippen LogP contribution in [0.3, 0.4) is 0 Å². The van der Waals surface area contributed by atoms with Crippen molar-refractivity contribution in [2.75, 3.05) is 46.3 Å². The van der Waals surface area contributed by atoms with E-state index in [0.717, 1.165) is 5.56 Å². The van der Waals surface area contributed by atoms with Gasteiger partial charge in [-0.2, -0.15) is 0 Å². The number of likely N-dealkylation sites (tertiary alicyclic amines) is 1. The first-order chi connectivity index (χ1) is 16.2. The molecule has 1 saturated heterocycles. The molecule has 3 atom stereocenters. The normalized spacial score (nSPS) is 24.1. The van der Waals surface area contributed by atoms with E-state index in [0.29, 0.717) is 40.6 Å². The second kappa shape index (κ2) is 9.54. The lowest BCUT2D eigenvalue weighted by atomic mass is 9.80. The molecule has 2 aliphatic rings. The molecule has 2 N–H and O–H groups in total. The number of aliphatic hydroxyl groups is 1. The number of nitrogens with one attached hydrogen (secondary N) is 1. The predicted octanol–water partition coefficient (Wildman–Crippen LogP) is 2.39. The Morgan fingerprint density at radius 1 is 1.26 bits per heavy atom. The number of aliphatic hydroxyl groups excluding tert-OH is 1. The van der Waals surface area contributed by atoms with Crippen molar-refractivity contribution in [2.45, 2.75) is 31.0 Å². The van der Waals surface area contributed by atoms with E-state index in [-0.39, 0.29) is 31.1 Å². The van der Waals surface area contributed by atoms with Gasteiger partial charge in [0.05, 0.1) is 32.5 Å². The smallest absolute Gasteiger partial charge is 0.254 e. The molecule has 0 bridgehead atoms. The van der Waals surface area contributed by atoms with Crippen LogP contribution in [-0.2, 0) is 19.9 Å². The Bertz CT molecular complexity index is 1110. The van der Waals surface area contributed by atoms with E-state index in [1.54, 1.807) is 39.4 Å². The minimum Gasteiger partial charge on any atom is -0.496 e. The average Bonchev–Trinajstić information content (AvgIpc) is 3.35. The van der Waals surface area contributed by atoms with Crippen LogP contribution in [-0.4, -0.2) is 79.8 Å². The number of anilines is 1. The van der Waals surface area contributed by atoms with Crippen LogP contribution in [0.5, 0.6) is 5.75 Å². The van der Waals surface area contributed by atoms with E-state index < -0.39 is 11.6 Å². The quantitative estimate of drug-likeness (QED) is 0.623. The molecule has 34 heavy (non-hydrogen) atoms. The second-order valence-corrected chi connectivity index (χ2v) is 9.35. The number of hydrogen-bond donors (Lipinski definition) is 2. The van der Waals surface area contributed by atoms with Crippen LogP contribution in [0.4, 0.5) is 5.69 Å². The molecule has 182 valence electrons. The van der Waals surface area contributed by atoms with Crippen LogP contribution in [0.2, 0.25) is 5.02 Å². The van der Waals surface area contributed by atoms with Crippen LogP contribution in [0.1, 0.15) is 23.1 Å². The van der Waals surface area contributed by atoms with Crippen molar-refractivity contribution in [3.63, 3.8) is 0 Å². The molecule has 0 aromatic heterocycles. The van der Waals surface area contributed by atoms with Gasteiger partial charge >= 0.3 is 0 Å². The van der Waals surface area contributed by atoms with E-state index in [1.165, 1.54) is 4.90 Å². The third-order valence-corrected chi connectivity index (χ3v) is 6.79. The molecule has 1 fully saturated rings. The maximum absolute atomic E-state index is 14.0. The van der Waals surface area contributed by atoms with Crippen molar-refractivity contribution < 1.29 is 24.2 Å². The highest BCUT2D eigenvalue weighted by Gasteiger charge is 2.59. The first kappa shape index (κ1) is 24.5. The number of methoxy groups -OCH3 is 1. The average molecular weight is 488 g/mol. The third kappa shape index (κ3) is 3.94. The Morgan fingerprint density at radius 2 is 2.03 bits per heavy atom. The Hall–Kier alpha value is -2.65. The highest BCUT2D eigenvalue weighted by molar-refractivity contribution is 6.31. The van der Waals surface area contributed by atoms with E-state index in [2.05, 4.69) is 5.32 Å². The largest absolute Gasteiger partial charge is 0.496 e. The summed E-state index contributed by atoms with van der Waals surface area (Å²) >= 11 is 6.43. The van der Waals surface area contributed by atoms with Crippen molar-refractivity contribution in [3.8, 4) is 5.75 Å². The predicted molar refractivity (Wildman–Crippen MR) is 129 cm³/mol. The SMILES string of the molecule is COc1ccc(C)cc1C1(N2C[C@H](OCCO)C[C@H]2C(=O)N(C)C)C(=O)Nc2ccc(Cl)cc21. The zero-order valence-corrected chi connectivity index (χ0v) is 20.6. The van der Waals surface area contributed by atoms with Crippen LogP contribution >= 0.6 is 11.6 Å². The van der Waals surface area contributed by atoms with Crippen LogP contribution in [0.15, 0.2) is 36.4 Å². The zero-order valence-electron chi connectivity index (χ0n) is 19.8. The number of likely N-dealkylation sites (N-methyl/N-ethyl adjacent to an activating group) is 1. The molecule has 2 heterocycles. The first-order valence-electron chi connectivity index (χ1n) is 11.2. The van der Waals surface area contributed by atoms with Gasteiger partial charge in [-0.15, -0.1) is 0 Å². The van der Waals surface area contributed by atoms with E-state index in [1.807, 2.05) is 30.0 Å². The first-order valence-corrected chi connectivity index (χ1v) is 11.6. The molecule has 0 spiro atoms. The molecule has 2 aromatic carbocycles. The third-order valence-electron chi connectivity index (χ3n) is 6.56. The van der Waals surface area contributed by atoms with Crippen LogP contribution in [0, 0.1) is 6.92 Å². The van der Waals surface area contributed by atoms with Crippen molar-refractivity contribution >= 4 is 29.1 Å². The molecular formula is C25H30ClN3O5. The fourth-order valence-electron chi connectivity index (χ4n) is 5.11. The van der Waals surface area contributed by atoms with Gasteiger partial charge in [0.2, 0.25) is 5.91 Å². The number of amides is 2. The number of ether oxygens (including phenoxy) is 2. The van der Waals surface area contributed by atoms with Crippen molar-refractivity contribution in [1.29, 1.82) is 0 Å². The summed E-state index contributed by atoms with van der Waals surface area (Å²) in [5, 5.41) is 12.8. The van der Waals surface area contributed by atoms with E-state index >= 15 is 0 Å². The molecule has 9 heteroatoms. The Balaban J connectivity index is 2.00. The summed E-state index contributed by atoms with van der Waals surface area (Å²) in [6.45, 7) is 2.28. The fourth-order valence-corrected chi connectivity index (χ4v) is 5.28. The maximum atomic E-state index is 14.0. The summed E-state index contributed by atoms with van der Waals surface area (Å²) in [4.78, 5) is 30.9. The number of carbonyl (C=O) groups excluding carboxylic acids is 2. The number of nitrogens with zero attached hydrogens (tertiary/aromatic N) is 2. The number of fused-ring (bicyclic) bond motifs is 1. The van der Waals surface area contributed by atoms with Gasteiger partial charge in [0.15, 0.2) is 5.54 Å². The highest BCUT2D eigenvalue weighted by Crippen LogP contribution is 2.51. The Labute approximate surface area is 204 Å². The summed E-state index contributed by atoms with van der Waals surface area (Å²) < 4.78 is 11.6. The number of carbonyl (C=O) groups is 2. The molecule has 0 radical (unpaired) electrons. The van der Waals surface area contributed by atoms with Gasteiger partial charge < -0.3 is 24.8 Å². The minimum absolute atomic E-state index is 0.126. The number of aryl methyl sites for hydroxylation is 1. The van der Waals surface area contributed by atoms with Gasteiger partial charge in [-0.1, -0.05) is 23.2 Å². The number of halogens is 1. The number of benzene rings is 2. The molecule has 2 aliphatic heterocycles. The number of hydrogen-bond acceptors (Lipinski definition) is 6. The van der Waals surface area contributed by atoms with Gasteiger partial charge in [-0.05, 0) is 43.7 Å². The van der Waals surface area contributed by atoms with Gasteiger partial charge in [-0.3, -0.25) is 14.5 Å². The standard InChI is InChI=1S/C25H30ClN3O5/c1-15-5-8-22(33-4)19(11-15)25(18-12-16(26)6-7-20(18)27-24(25)32)29-14-17(34-10-9-30)13-21(29)23(31)28(2)3/h5-8,11-12,17,21,30H,9-10,13-14H2,1-4H3,(H,27,32)/t17-,21+,25?/m1/s1. The van der Waals surface area contributed by atoms with Crippen LogP contribution in [0.25, 0.3) is 0 Å². The summed E-state index contributed by atoms with van der Waals surface area (Å²) in [6, 6.07) is 10.3. The molecule has 4 rings (SSSR count). The molecule has 0 aliphatic carbocycles. The lowest BCUT2D eigenvalue weighted by molar-refractivity contribution is -0.138. The van der Waals surface area contributed by atoms with Gasteiger partial charge in [0.1, 0.15) is 5.75 Å². The van der Waals surface area contributed by atoms with Gasteiger partial charge in [0.25, 0.3) is 5.91 Å². The summed E-state index contributed by atoms with van der Waals surface area (Å²) in [7, 11) is 4.96. The summed E-state index contributed by atoms with van der Waals surface area (Å²) in [5.41, 5.74) is 1.50. The Morgan fingerprint density at radius 3 is 2.71 bits per heavy atom. The topological polar surface area (TPSA) is 91.3 Å². The Kier molecular flexibility index (Phi) is 6.87. The monoisotopic (exact) mass is 487 g/mol. The second-order valence-electron chi connectivity index (χ2n) is 8.91. The van der Waals surface area contributed by atoms with E-state index in [4.69, 9.17) is 21.1 Å². The lowest BCUT2D eigenvalue weighted by Crippen LogP contribution is -2.57. The lowest BCUT2D eigenvalue weighted by Gasteiger charge is -2.41. The minimum atomic E-state index is -1.37. The molecule has 1 unspecified atom stereocenters. The zero-order chi connectivity index (χ0) is 24.6. The van der Waals surface area contributed by atoms with Gasteiger partial charge in [0, 0.05) is 42.5 Å². The van der Waals surface area contributed by atoms with Crippen molar-refractivity contribution in [2.24, 2.45) is 0 Å². The molecule has 2 aromatic rings. The van der Waals surface area contributed by atoms with Crippen molar-refractivity contribution in [3.05, 3.63) is 58.1 Å². The fraction of sp³-hybridized carbons (Fsp3) is 0.440. The maximum Gasteiger partial charge on any atom is 0.254 e. The highest BCUT2D eigenvalue weighted by atomic mass is 35.5. The van der Waals surface area contributed by atoms with Crippen LogP contribution < -0.4 is 10.1 Å². The molecule has 0 saturated carbocycles. The van der Waals surface area contributed by atoms with E-state index in [9.17, 15) is 14.7 Å². The molecule has 8 nitrogen and oxygen atoms in total.